The van der Waals surface area contributed by atoms with Crippen molar-refractivity contribution in [2.45, 2.75) is 0 Å². The molecule has 0 saturated carbocycles. The fourth-order valence-electron chi connectivity index (χ4n) is 2.52. The first-order valence-electron chi connectivity index (χ1n) is 7.24. The molecule has 124 valence electrons. The average Bonchev–Trinajstić information content (AvgIpc) is 3.20. The highest BCUT2D eigenvalue weighted by atomic mass is 16.6. The van der Waals surface area contributed by atoms with Crippen molar-refractivity contribution in [3.05, 3.63) is 52.3 Å². The third kappa shape index (κ3) is 2.55. The first kappa shape index (κ1) is 14.8. The largest absolute Gasteiger partial charge is 0.433 e. The molecule has 10 nitrogen and oxygen atoms in total. The van der Waals surface area contributed by atoms with Gasteiger partial charge in [0.1, 0.15) is 10.4 Å². The second kappa shape index (κ2) is 5.67. The SMILES string of the molecule is Cn1c2ccccc2c2nnc(N/N=C\c3ccc([N+](=O)[O-])o3)nc21. The molecule has 0 radical (unpaired) electrons. The maximum absolute atomic E-state index is 10.6. The lowest BCUT2D eigenvalue weighted by Gasteiger charge is -1.98. The van der Waals surface area contributed by atoms with Crippen LogP contribution in [0.25, 0.3) is 22.1 Å². The number of nitro groups is 1. The van der Waals surface area contributed by atoms with Crippen LogP contribution in [0.4, 0.5) is 11.8 Å². The normalized spacial score (nSPS) is 11.6. The summed E-state index contributed by atoms with van der Waals surface area (Å²) < 4.78 is 6.88. The van der Waals surface area contributed by atoms with Crippen molar-refractivity contribution in [3.63, 3.8) is 0 Å². The van der Waals surface area contributed by atoms with E-state index in [0.717, 1.165) is 10.9 Å². The van der Waals surface area contributed by atoms with Gasteiger partial charge in [-0.05, 0) is 12.1 Å². The number of furan rings is 1. The zero-order valence-electron chi connectivity index (χ0n) is 12.9. The molecule has 1 aromatic carbocycles. The van der Waals surface area contributed by atoms with E-state index in [1.165, 1.54) is 18.3 Å². The number of para-hydroxylation sites is 1. The lowest BCUT2D eigenvalue weighted by atomic mass is 10.2. The molecular formula is C15H11N7O3. The summed E-state index contributed by atoms with van der Waals surface area (Å²) in [7, 11) is 1.90. The van der Waals surface area contributed by atoms with Crippen molar-refractivity contribution in [1.29, 1.82) is 0 Å². The number of hydrogen-bond acceptors (Lipinski definition) is 8. The number of nitrogens with one attached hydrogen (secondary N) is 1. The summed E-state index contributed by atoms with van der Waals surface area (Å²) in [6.45, 7) is 0. The highest BCUT2D eigenvalue weighted by Gasteiger charge is 2.12. The minimum atomic E-state index is -0.619. The van der Waals surface area contributed by atoms with Crippen LogP contribution in [0, 0.1) is 10.1 Å². The topological polar surface area (TPSA) is 124 Å². The van der Waals surface area contributed by atoms with Gasteiger partial charge in [-0.2, -0.15) is 10.1 Å². The molecule has 0 aliphatic rings. The van der Waals surface area contributed by atoms with Crippen LogP contribution in [0.2, 0.25) is 0 Å². The summed E-state index contributed by atoms with van der Waals surface area (Å²) in [6, 6.07) is 10.5. The molecule has 0 unspecified atom stereocenters. The van der Waals surface area contributed by atoms with Gasteiger partial charge in [0.25, 0.3) is 5.95 Å². The van der Waals surface area contributed by atoms with Crippen LogP contribution in [0.5, 0.6) is 0 Å². The molecule has 0 spiro atoms. The van der Waals surface area contributed by atoms with E-state index in [4.69, 9.17) is 4.42 Å². The number of anilines is 1. The first-order chi connectivity index (χ1) is 12.1. The third-order valence-corrected chi connectivity index (χ3v) is 3.66. The zero-order valence-corrected chi connectivity index (χ0v) is 12.9. The standard InChI is InChI=1S/C15H11N7O3/c1-21-11-5-3-2-4-10(11)13-14(21)17-15(20-18-13)19-16-8-9-6-7-12(25-9)22(23)24/h2-8H,1H3,(H,17,19,20)/b16-8-. The maximum atomic E-state index is 10.6. The van der Waals surface area contributed by atoms with Gasteiger partial charge < -0.3 is 8.98 Å². The van der Waals surface area contributed by atoms with E-state index >= 15 is 0 Å². The van der Waals surface area contributed by atoms with Gasteiger partial charge in [0, 0.05) is 12.4 Å². The Morgan fingerprint density at radius 2 is 2.12 bits per heavy atom. The molecule has 0 aliphatic carbocycles. The van der Waals surface area contributed by atoms with E-state index in [2.05, 4.69) is 25.7 Å². The maximum Gasteiger partial charge on any atom is 0.433 e. The average molecular weight is 337 g/mol. The van der Waals surface area contributed by atoms with Gasteiger partial charge in [-0.1, -0.05) is 18.2 Å². The molecule has 10 heteroatoms. The van der Waals surface area contributed by atoms with Crippen molar-refractivity contribution in [3.8, 4) is 0 Å². The van der Waals surface area contributed by atoms with Crippen molar-refractivity contribution in [1.82, 2.24) is 19.7 Å². The lowest BCUT2D eigenvalue weighted by Crippen LogP contribution is -2.00. The molecule has 25 heavy (non-hydrogen) atoms. The van der Waals surface area contributed by atoms with E-state index in [9.17, 15) is 10.1 Å². The van der Waals surface area contributed by atoms with E-state index in [0.29, 0.717) is 11.2 Å². The van der Waals surface area contributed by atoms with Crippen molar-refractivity contribution >= 4 is 40.1 Å². The minimum Gasteiger partial charge on any atom is -0.400 e. The highest BCUT2D eigenvalue weighted by molar-refractivity contribution is 6.04. The number of nitrogens with zero attached hydrogens (tertiary/aromatic N) is 6. The van der Waals surface area contributed by atoms with Crippen LogP contribution < -0.4 is 5.43 Å². The second-order valence-electron chi connectivity index (χ2n) is 5.19. The fourth-order valence-corrected chi connectivity index (χ4v) is 2.52. The third-order valence-electron chi connectivity index (χ3n) is 3.66. The highest BCUT2D eigenvalue weighted by Crippen LogP contribution is 2.24. The predicted octanol–water partition coefficient (Wildman–Crippen LogP) is 2.46. The minimum absolute atomic E-state index is 0.204. The van der Waals surface area contributed by atoms with E-state index in [1.54, 1.807) is 0 Å². The Hall–Kier alpha value is -3.82. The number of hydrogen-bond donors (Lipinski definition) is 1. The summed E-state index contributed by atoms with van der Waals surface area (Å²) in [5.74, 6) is 0.0878. The molecule has 0 saturated heterocycles. The number of aryl methyl sites for hydroxylation is 1. The molecule has 4 rings (SSSR count). The summed E-state index contributed by atoms with van der Waals surface area (Å²) in [5, 5.41) is 23.6. The Labute approximate surface area is 139 Å². The Morgan fingerprint density at radius 1 is 1.28 bits per heavy atom. The fraction of sp³-hybridized carbons (Fsp3) is 0.0667. The summed E-state index contributed by atoms with van der Waals surface area (Å²) in [6.07, 6.45) is 1.29. The molecule has 0 atom stereocenters. The lowest BCUT2D eigenvalue weighted by molar-refractivity contribution is -0.402. The molecule has 0 aliphatic heterocycles. The number of benzene rings is 1. The van der Waals surface area contributed by atoms with Crippen LogP contribution in [0.3, 0.4) is 0 Å². The number of rotatable bonds is 4. The monoisotopic (exact) mass is 337 g/mol. The van der Waals surface area contributed by atoms with Crippen LogP contribution >= 0.6 is 0 Å². The zero-order chi connectivity index (χ0) is 17.4. The van der Waals surface area contributed by atoms with Crippen molar-refractivity contribution in [2.75, 3.05) is 5.43 Å². The number of aromatic nitrogens is 4. The van der Waals surface area contributed by atoms with Crippen LogP contribution in [-0.4, -0.2) is 30.9 Å². The second-order valence-corrected chi connectivity index (χ2v) is 5.19. The van der Waals surface area contributed by atoms with Crippen LogP contribution in [0.15, 0.2) is 45.9 Å². The molecule has 4 aromatic rings. The van der Waals surface area contributed by atoms with E-state index < -0.39 is 4.92 Å². The van der Waals surface area contributed by atoms with Crippen LogP contribution in [0.1, 0.15) is 5.76 Å². The summed E-state index contributed by atoms with van der Waals surface area (Å²) in [4.78, 5) is 14.3. The molecular weight excluding hydrogens is 326 g/mol. The molecule has 0 bridgehead atoms. The van der Waals surface area contributed by atoms with Gasteiger partial charge in [0.2, 0.25) is 0 Å². The number of hydrazone groups is 1. The van der Waals surface area contributed by atoms with E-state index in [-0.39, 0.29) is 17.6 Å². The van der Waals surface area contributed by atoms with Crippen molar-refractivity contribution < 1.29 is 9.34 Å². The molecule has 3 aromatic heterocycles. The summed E-state index contributed by atoms with van der Waals surface area (Å²) >= 11 is 0. The Morgan fingerprint density at radius 3 is 2.92 bits per heavy atom. The van der Waals surface area contributed by atoms with Gasteiger partial charge in [-0.25, -0.2) is 5.43 Å². The molecule has 0 amide bonds. The Kier molecular flexibility index (Phi) is 3.35. The van der Waals surface area contributed by atoms with Gasteiger partial charge in [0.15, 0.2) is 11.4 Å². The van der Waals surface area contributed by atoms with Crippen molar-refractivity contribution in [2.24, 2.45) is 12.1 Å². The van der Waals surface area contributed by atoms with E-state index in [1.807, 2.05) is 35.9 Å². The van der Waals surface area contributed by atoms with Gasteiger partial charge >= 0.3 is 5.88 Å². The Balaban J connectivity index is 1.61. The Bertz CT molecular complexity index is 1130. The van der Waals surface area contributed by atoms with Gasteiger partial charge in [0.05, 0.1) is 17.8 Å². The van der Waals surface area contributed by atoms with Crippen LogP contribution in [-0.2, 0) is 7.05 Å². The predicted molar refractivity (Wildman–Crippen MR) is 90.4 cm³/mol. The first-order valence-corrected chi connectivity index (χ1v) is 7.24. The molecule has 3 heterocycles. The van der Waals surface area contributed by atoms with Gasteiger partial charge in [-0.15, -0.1) is 10.2 Å². The smallest absolute Gasteiger partial charge is 0.400 e. The quantitative estimate of drug-likeness (QED) is 0.344. The summed E-state index contributed by atoms with van der Waals surface area (Å²) in [5.41, 5.74) is 5.01. The molecule has 1 N–H and O–H groups in total. The van der Waals surface area contributed by atoms with Gasteiger partial charge in [-0.3, -0.25) is 10.1 Å². The number of fused-ring (bicyclic) bond motifs is 3. The molecule has 0 fully saturated rings.